The van der Waals surface area contributed by atoms with Crippen LogP contribution in [-0.2, 0) is 10.0 Å². The Bertz CT molecular complexity index is 284. The molecule has 0 saturated carbocycles. The predicted molar refractivity (Wildman–Crippen MR) is 67.0 cm³/mol. The Labute approximate surface area is 99.5 Å². The number of nitrogens with zero attached hydrogens (tertiary/aromatic N) is 1. The van der Waals surface area contributed by atoms with Crippen LogP contribution in [0.2, 0.25) is 0 Å². The van der Waals surface area contributed by atoms with Gasteiger partial charge in [0.05, 0.1) is 5.25 Å². The van der Waals surface area contributed by atoms with Crippen molar-refractivity contribution in [3.8, 4) is 0 Å². The predicted octanol–water partition coefficient (Wildman–Crippen LogP) is 1.19. The molecule has 0 spiro atoms. The summed E-state index contributed by atoms with van der Waals surface area (Å²) < 4.78 is 26.3. The third-order valence-electron chi connectivity index (χ3n) is 3.15. The third-order valence-corrected chi connectivity index (χ3v) is 5.55. The molecule has 0 radical (unpaired) electrons. The molecule has 1 rings (SSSR count). The molecule has 5 heteroatoms. The summed E-state index contributed by atoms with van der Waals surface area (Å²) in [7, 11) is -3.08. The summed E-state index contributed by atoms with van der Waals surface area (Å²) >= 11 is 0. The zero-order valence-electron chi connectivity index (χ0n) is 10.4. The van der Waals surface area contributed by atoms with Crippen LogP contribution in [0.15, 0.2) is 0 Å². The van der Waals surface area contributed by atoms with Crippen LogP contribution in [0.4, 0.5) is 0 Å². The molecule has 1 aliphatic rings. The van der Waals surface area contributed by atoms with Gasteiger partial charge in [0.25, 0.3) is 0 Å². The normalized spacial score (nSPS) is 22.6. The Morgan fingerprint density at radius 2 is 2.12 bits per heavy atom. The van der Waals surface area contributed by atoms with Gasteiger partial charge in [-0.25, -0.2) is 12.7 Å². The van der Waals surface area contributed by atoms with Crippen molar-refractivity contribution in [3.05, 3.63) is 0 Å². The molecule has 1 N–H and O–H groups in total. The first kappa shape index (κ1) is 13.9. The first-order valence-electron chi connectivity index (χ1n) is 6.32. The lowest BCUT2D eigenvalue weighted by molar-refractivity contribution is 0.396. The molecule has 1 unspecified atom stereocenters. The maximum atomic E-state index is 12.3. The Hall–Kier alpha value is -0.130. The summed E-state index contributed by atoms with van der Waals surface area (Å²) in [5.74, 6) is 0. The first-order valence-corrected chi connectivity index (χ1v) is 7.83. The first-order chi connectivity index (χ1) is 7.62. The maximum absolute atomic E-state index is 12.3. The van der Waals surface area contributed by atoms with Crippen molar-refractivity contribution >= 4 is 10.0 Å². The quantitative estimate of drug-likeness (QED) is 0.768. The largest absolute Gasteiger partial charge is 0.315 e. The van der Waals surface area contributed by atoms with E-state index in [1.807, 2.05) is 6.92 Å². The fourth-order valence-corrected chi connectivity index (χ4v) is 4.04. The molecule has 1 atom stereocenters. The summed E-state index contributed by atoms with van der Waals surface area (Å²) in [6.07, 6.45) is 3.76. The molecule has 96 valence electrons. The van der Waals surface area contributed by atoms with E-state index in [1.165, 1.54) is 0 Å². The van der Waals surface area contributed by atoms with Crippen LogP contribution in [0.1, 0.15) is 39.5 Å². The minimum Gasteiger partial charge on any atom is -0.315 e. The lowest BCUT2D eigenvalue weighted by atomic mass is 10.2. The van der Waals surface area contributed by atoms with Gasteiger partial charge in [-0.2, -0.15) is 0 Å². The average Bonchev–Trinajstić information content (AvgIpc) is 2.31. The number of unbranched alkanes of at least 4 members (excludes halogenated alkanes) is 1. The van der Waals surface area contributed by atoms with E-state index < -0.39 is 10.0 Å². The summed E-state index contributed by atoms with van der Waals surface area (Å²) in [6, 6.07) is 0. The van der Waals surface area contributed by atoms with Crippen molar-refractivity contribution in [2.75, 3.05) is 26.2 Å². The highest BCUT2D eigenvalue weighted by Crippen LogP contribution is 2.16. The van der Waals surface area contributed by atoms with E-state index in [4.69, 9.17) is 0 Å². The highest BCUT2D eigenvalue weighted by molar-refractivity contribution is 7.89. The van der Waals surface area contributed by atoms with Crippen LogP contribution < -0.4 is 5.32 Å². The van der Waals surface area contributed by atoms with E-state index in [1.54, 1.807) is 4.31 Å². The smallest absolute Gasteiger partial charge is 0.218 e. The molecule has 0 aromatic carbocycles. The molecule has 0 amide bonds. The minimum absolute atomic E-state index is 0.210. The van der Waals surface area contributed by atoms with Crippen molar-refractivity contribution in [1.82, 2.24) is 9.62 Å². The van der Waals surface area contributed by atoms with Crippen LogP contribution >= 0.6 is 0 Å². The highest BCUT2D eigenvalue weighted by atomic mass is 32.2. The van der Waals surface area contributed by atoms with Gasteiger partial charge in [0.15, 0.2) is 0 Å². The van der Waals surface area contributed by atoms with Crippen molar-refractivity contribution in [2.45, 2.75) is 44.8 Å². The SMILES string of the molecule is CCCCN(CC)S(=O)(=O)C1CCCNC1. The molecular formula is C11H24N2O2S. The fraction of sp³-hybridized carbons (Fsp3) is 1.00. The monoisotopic (exact) mass is 248 g/mol. The Morgan fingerprint density at radius 3 is 2.62 bits per heavy atom. The molecular weight excluding hydrogens is 224 g/mol. The molecule has 0 aliphatic carbocycles. The lowest BCUT2D eigenvalue weighted by Crippen LogP contribution is -2.46. The van der Waals surface area contributed by atoms with Crippen molar-refractivity contribution in [2.24, 2.45) is 0 Å². The fourth-order valence-electron chi connectivity index (χ4n) is 2.08. The number of hydrogen-bond donors (Lipinski definition) is 1. The summed E-state index contributed by atoms with van der Waals surface area (Å²) in [5, 5.41) is 2.96. The molecule has 0 aromatic rings. The average molecular weight is 248 g/mol. The third kappa shape index (κ3) is 3.43. The Kier molecular flexibility index (Phi) is 5.72. The summed E-state index contributed by atoms with van der Waals surface area (Å²) in [6.45, 7) is 6.84. The van der Waals surface area contributed by atoms with Gasteiger partial charge in [0, 0.05) is 19.6 Å². The van der Waals surface area contributed by atoms with Gasteiger partial charge in [-0.1, -0.05) is 20.3 Å². The number of rotatable bonds is 6. The molecule has 0 bridgehead atoms. The Balaban J connectivity index is 2.64. The van der Waals surface area contributed by atoms with Crippen LogP contribution in [-0.4, -0.2) is 44.2 Å². The van der Waals surface area contributed by atoms with Gasteiger partial charge in [0.2, 0.25) is 10.0 Å². The van der Waals surface area contributed by atoms with Crippen LogP contribution in [0.25, 0.3) is 0 Å². The molecule has 1 aliphatic heterocycles. The molecule has 1 saturated heterocycles. The number of hydrogen-bond acceptors (Lipinski definition) is 3. The van der Waals surface area contributed by atoms with Gasteiger partial charge in [0.1, 0.15) is 0 Å². The van der Waals surface area contributed by atoms with Gasteiger partial charge in [-0.3, -0.25) is 0 Å². The van der Waals surface area contributed by atoms with Crippen molar-refractivity contribution in [1.29, 1.82) is 0 Å². The van der Waals surface area contributed by atoms with Crippen molar-refractivity contribution in [3.63, 3.8) is 0 Å². The Morgan fingerprint density at radius 1 is 1.38 bits per heavy atom. The van der Waals surface area contributed by atoms with Crippen LogP contribution in [0, 0.1) is 0 Å². The maximum Gasteiger partial charge on any atom is 0.218 e. The second-order valence-electron chi connectivity index (χ2n) is 4.36. The second kappa shape index (κ2) is 6.57. The standard InChI is InChI=1S/C11H24N2O2S/c1-3-5-9-13(4-2)16(14,15)11-7-6-8-12-10-11/h11-12H,3-10H2,1-2H3. The van der Waals surface area contributed by atoms with E-state index in [0.29, 0.717) is 19.6 Å². The van der Waals surface area contributed by atoms with E-state index in [0.717, 1.165) is 32.2 Å². The van der Waals surface area contributed by atoms with E-state index in [9.17, 15) is 8.42 Å². The summed E-state index contributed by atoms with van der Waals surface area (Å²) in [5.41, 5.74) is 0. The van der Waals surface area contributed by atoms with Gasteiger partial charge in [-0.05, 0) is 25.8 Å². The number of piperidine rings is 1. The number of nitrogens with one attached hydrogen (secondary N) is 1. The van der Waals surface area contributed by atoms with Gasteiger partial charge < -0.3 is 5.32 Å². The summed E-state index contributed by atoms with van der Waals surface area (Å²) in [4.78, 5) is 0. The van der Waals surface area contributed by atoms with E-state index >= 15 is 0 Å². The molecule has 0 aromatic heterocycles. The molecule has 1 heterocycles. The molecule has 16 heavy (non-hydrogen) atoms. The number of sulfonamides is 1. The molecule has 4 nitrogen and oxygen atoms in total. The topological polar surface area (TPSA) is 49.4 Å². The second-order valence-corrected chi connectivity index (χ2v) is 6.57. The van der Waals surface area contributed by atoms with Crippen LogP contribution in [0.5, 0.6) is 0 Å². The van der Waals surface area contributed by atoms with E-state index in [-0.39, 0.29) is 5.25 Å². The lowest BCUT2D eigenvalue weighted by Gasteiger charge is -2.29. The molecule has 1 fully saturated rings. The zero-order valence-corrected chi connectivity index (χ0v) is 11.2. The highest BCUT2D eigenvalue weighted by Gasteiger charge is 2.31. The van der Waals surface area contributed by atoms with Crippen LogP contribution in [0.3, 0.4) is 0 Å². The van der Waals surface area contributed by atoms with Crippen molar-refractivity contribution < 1.29 is 8.42 Å². The van der Waals surface area contributed by atoms with Gasteiger partial charge >= 0.3 is 0 Å². The minimum atomic E-state index is -3.08. The zero-order chi connectivity index (χ0) is 12.0. The van der Waals surface area contributed by atoms with Gasteiger partial charge in [-0.15, -0.1) is 0 Å². The van der Waals surface area contributed by atoms with E-state index in [2.05, 4.69) is 12.2 Å².